The van der Waals surface area contributed by atoms with E-state index < -0.39 is 0 Å². The van der Waals surface area contributed by atoms with E-state index in [1.54, 1.807) is 0 Å². The summed E-state index contributed by atoms with van der Waals surface area (Å²) in [5.74, 6) is 0.00496. The summed E-state index contributed by atoms with van der Waals surface area (Å²) in [4.78, 5) is 12.0. The monoisotopic (exact) mass is 284 g/mol. The molecule has 2 aromatic carbocycles. The first-order chi connectivity index (χ1) is 9.88. The van der Waals surface area contributed by atoms with Crippen molar-refractivity contribution >= 4 is 16.7 Å². The molecule has 1 unspecified atom stereocenters. The molecular weight excluding hydrogens is 260 g/mol. The van der Waals surface area contributed by atoms with Gasteiger partial charge in [0.25, 0.3) is 0 Å². The Hall–Kier alpha value is -1.87. The van der Waals surface area contributed by atoms with Crippen molar-refractivity contribution in [2.75, 3.05) is 0 Å². The third-order valence-electron chi connectivity index (χ3n) is 3.87. The minimum Gasteiger partial charge on any atom is -0.352 e. The molecule has 0 saturated heterocycles. The van der Waals surface area contributed by atoms with Crippen molar-refractivity contribution in [2.45, 2.75) is 39.8 Å². The maximum absolute atomic E-state index is 12.0. The van der Waals surface area contributed by atoms with E-state index in [2.05, 4.69) is 44.3 Å². The van der Waals surface area contributed by atoms with Crippen molar-refractivity contribution in [3.63, 3.8) is 0 Å². The van der Waals surface area contributed by atoms with Crippen LogP contribution in [0.5, 0.6) is 0 Å². The lowest BCUT2D eigenvalue weighted by molar-refractivity contribution is -0.122. The van der Waals surface area contributed by atoms with Crippen LogP contribution in [0.25, 0.3) is 10.8 Å². The highest BCUT2D eigenvalue weighted by atomic mass is 16.1. The fourth-order valence-corrected chi connectivity index (χ4v) is 2.22. The molecule has 21 heavy (non-hydrogen) atoms. The van der Waals surface area contributed by atoms with Crippen LogP contribution in [0.1, 0.15) is 32.8 Å². The second-order valence-corrected chi connectivity index (χ2v) is 6.59. The number of amides is 1. The van der Waals surface area contributed by atoms with Crippen molar-refractivity contribution in [1.29, 1.82) is 0 Å². The zero-order valence-corrected chi connectivity index (χ0v) is 13.0. The molecule has 0 radical (unpaired) electrons. The molecule has 3 N–H and O–H groups in total. The van der Waals surface area contributed by atoms with E-state index in [1.807, 2.05) is 24.3 Å². The van der Waals surface area contributed by atoms with Gasteiger partial charge in [0.2, 0.25) is 5.91 Å². The quantitative estimate of drug-likeness (QED) is 0.905. The topological polar surface area (TPSA) is 55.1 Å². The Morgan fingerprint density at radius 1 is 1.14 bits per heavy atom. The summed E-state index contributed by atoms with van der Waals surface area (Å²) in [6.45, 7) is 6.69. The lowest BCUT2D eigenvalue weighted by atomic mass is 9.85. The molecule has 2 aromatic rings. The van der Waals surface area contributed by atoms with Crippen molar-refractivity contribution in [1.82, 2.24) is 5.32 Å². The summed E-state index contributed by atoms with van der Waals surface area (Å²) >= 11 is 0. The molecule has 3 heteroatoms. The van der Waals surface area contributed by atoms with E-state index in [9.17, 15) is 4.79 Å². The molecule has 0 aliphatic heterocycles. The van der Waals surface area contributed by atoms with Crippen LogP contribution >= 0.6 is 0 Å². The molecule has 0 aliphatic rings. The third-order valence-corrected chi connectivity index (χ3v) is 3.87. The Kier molecular flexibility index (Phi) is 4.63. The first kappa shape index (κ1) is 15.5. The van der Waals surface area contributed by atoms with Crippen LogP contribution < -0.4 is 11.1 Å². The predicted octanol–water partition coefficient (Wildman–Crippen LogP) is 3.22. The first-order valence-corrected chi connectivity index (χ1v) is 7.37. The molecule has 0 spiro atoms. The molecule has 2 rings (SSSR count). The molecule has 0 saturated carbocycles. The highest BCUT2D eigenvalue weighted by Gasteiger charge is 2.22. The molecule has 112 valence electrons. The van der Waals surface area contributed by atoms with E-state index in [4.69, 9.17) is 5.73 Å². The van der Waals surface area contributed by atoms with Crippen LogP contribution in [0, 0.1) is 5.41 Å². The van der Waals surface area contributed by atoms with Gasteiger partial charge in [-0.1, -0.05) is 63.2 Å². The number of rotatable bonds is 4. The van der Waals surface area contributed by atoms with Gasteiger partial charge in [-0.15, -0.1) is 0 Å². The average Bonchev–Trinajstić information content (AvgIpc) is 2.44. The summed E-state index contributed by atoms with van der Waals surface area (Å²) in [5.41, 5.74) is 7.12. The van der Waals surface area contributed by atoms with Crippen LogP contribution in [0.2, 0.25) is 0 Å². The van der Waals surface area contributed by atoms with Crippen LogP contribution in [0.3, 0.4) is 0 Å². The fourth-order valence-electron chi connectivity index (χ4n) is 2.22. The Bertz CT molecular complexity index is 623. The number of hydrogen-bond donors (Lipinski definition) is 2. The standard InChI is InChI=1S/C18H24N2O/c1-18(2,3)16(19)11-17(21)20-12-14-9-6-8-13-7-4-5-10-15(13)14/h4-10,16H,11-12,19H2,1-3H3,(H,20,21). The predicted molar refractivity (Wildman–Crippen MR) is 87.8 cm³/mol. The van der Waals surface area contributed by atoms with E-state index in [1.165, 1.54) is 10.8 Å². The van der Waals surface area contributed by atoms with Gasteiger partial charge in [-0.2, -0.15) is 0 Å². The van der Waals surface area contributed by atoms with Gasteiger partial charge in [0.1, 0.15) is 0 Å². The van der Waals surface area contributed by atoms with Crippen molar-refractivity contribution in [2.24, 2.45) is 11.1 Å². The lowest BCUT2D eigenvalue weighted by Gasteiger charge is -2.26. The Morgan fingerprint density at radius 3 is 2.52 bits per heavy atom. The molecular formula is C18H24N2O. The van der Waals surface area contributed by atoms with Gasteiger partial charge in [0.15, 0.2) is 0 Å². The maximum Gasteiger partial charge on any atom is 0.221 e. The average molecular weight is 284 g/mol. The number of nitrogens with two attached hydrogens (primary N) is 1. The zero-order valence-electron chi connectivity index (χ0n) is 13.0. The fraction of sp³-hybridized carbons (Fsp3) is 0.389. The zero-order chi connectivity index (χ0) is 15.5. The van der Waals surface area contributed by atoms with E-state index in [0.717, 1.165) is 5.56 Å². The van der Waals surface area contributed by atoms with E-state index in [0.29, 0.717) is 13.0 Å². The highest BCUT2D eigenvalue weighted by molar-refractivity contribution is 5.86. The van der Waals surface area contributed by atoms with Crippen LogP contribution in [-0.4, -0.2) is 11.9 Å². The Labute approximate surface area is 126 Å². The van der Waals surface area contributed by atoms with Crippen LogP contribution in [0.4, 0.5) is 0 Å². The molecule has 0 heterocycles. The number of nitrogens with one attached hydrogen (secondary N) is 1. The van der Waals surface area contributed by atoms with Gasteiger partial charge in [0.05, 0.1) is 0 Å². The minimum absolute atomic E-state index is 0.00496. The number of fused-ring (bicyclic) bond motifs is 1. The lowest BCUT2D eigenvalue weighted by Crippen LogP contribution is -2.40. The Balaban J connectivity index is 2.01. The number of benzene rings is 2. The van der Waals surface area contributed by atoms with Crippen LogP contribution in [-0.2, 0) is 11.3 Å². The van der Waals surface area contributed by atoms with Crippen LogP contribution in [0.15, 0.2) is 42.5 Å². The van der Waals surface area contributed by atoms with Crippen molar-refractivity contribution < 1.29 is 4.79 Å². The molecule has 0 aromatic heterocycles. The maximum atomic E-state index is 12.0. The summed E-state index contributed by atoms with van der Waals surface area (Å²) in [5, 5.41) is 5.35. The largest absolute Gasteiger partial charge is 0.352 e. The molecule has 0 fully saturated rings. The van der Waals surface area contributed by atoms with Crippen molar-refractivity contribution in [3.8, 4) is 0 Å². The molecule has 0 bridgehead atoms. The smallest absolute Gasteiger partial charge is 0.221 e. The summed E-state index contributed by atoms with van der Waals surface area (Å²) < 4.78 is 0. The summed E-state index contributed by atoms with van der Waals surface area (Å²) in [6, 6.07) is 14.2. The minimum atomic E-state index is -0.134. The van der Waals surface area contributed by atoms with Gasteiger partial charge < -0.3 is 11.1 Å². The van der Waals surface area contributed by atoms with E-state index in [-0.39, 0.29) is 17.4 Å². The van der Waals surface area contributed by atoms with E-state index >= 15 is 0 Å². The van der Waals surface area contributed by atoms with Gasteiger partial charge >= 0.3 is 0 Å². The molecule has 0 aliphatic carbocycles. The molecule has 1 amide bonds. The van der Waals surface area contributed by atoms with Gasteiger partial charge in [-0.05, 0) is 21.8 Å². The SMILES string of the molecule is CC(C)(C)C(N)CC(=O)NCc1cccc2ccccc12. The highest BCUT2D eigenvalue weighted by Crippen LogP contribution is 2.20. The van der Waals surface area contributed by atoms with Crippen molar-refractivity contribution in [3.05, 3.63) is 48.0 Å². The third kappa shape index (κ3) is 4.05. The first-order valence-electron chi connectivity index (χ1n) is 7.37. The second kappa shape index (κ2) is 6.27. The van der Waals surface area contributed by atoms with Gasteiger partial charge in [-0.25, -0.2) is 0 Å². The number of carbonyl (C=O) groups excluding carboxylic acids is 1. The van der Waals surface area contributed by atoms with Gasteiger partial charge in [0, 0.05) is 19.0 Å². The molecule has 3 nitrogen and oxygen atoms in total. The molecule has 1 atom stereocenters. The van der Waals surface area contributed by atoms with Gasteiger partial charge in [-0.3, -0.25) is 4.79 Å². The second-order valence-electron chi connectivity index (χ2n) is 6.59. The Morgan fingerprint density at radius 2 is 1.81 bits per heavy atom. The summed E-state index contributed by atoms with van der Waals surface area (Å²) in [6.07, 6.45) is 0.355. The summed E-state index contributed by atoms with van der Waals surface area (Å²) in [7, 11) is 0. The number of hydrogen-bond acceptors (Lipinski definition) is 2. The normalized spacial score (nSPS) is 13.1. The number of carbonyl (C=O) groups is 1.